The van der Waals surface area contributed by atoms with Gasteiger partial charge in [-0.05, 0) is 42.7 Å². The summed E-state index contributed by atoms with van der Waals surface area (Å²) in [6.07, 6.45) is 9.14. The van der Waals surface area contributed by atoms with E-state index in [0.717, 1.165) is 54.9 Å². The van der Waals surface area contributed by atoms with Crippen LogP contribution in [-0.2, 0) is 6.54 Å². The van der Waals surface area contributed by atoms with Crippen LogP contribution in [0.5, 0.6) is 0 Å². The third-order valence-corrected chi connectivity index (χ3v) is 5.49. The third-order valence-electron chi connectivity index (χ3n) is 5.49. The van der Waals surface area contributed by atoms with Crippen LogP contribution >= 0.6 is 0 Å². The molecule has 0 bridgehead atoms. The topological polar surface area (TPSA) is 59.7 Å². The molecule has 1 aliphatic rings. The first-order chi connectivity index (χ1) is 14.3. The van der Waals surface area contributed by atoms with Crippen molar-refractivity contribution in [1.82, 2.24) is 29.4 Å². The number of hydrogen-bond donors (Lipinski definition) is 0. The molecular weight excluding hydrogens is 367 g/mol. The maximum Gasteiger partial charge on any atom is 0.197 e. The maximum atomic E-state index is 13.4. The number of imidazole rings is 1. The second-order valence-electron chi connectivity index (χ2n) is 7.43. The van der Waals surface area contributed by atoms with E-state index in [1.807, 2.05) is 24.5 Å². The van der Waals surface area contributed by atoms with Gasteiger partial charge in [-0.3, -0.25) is 9.88 Å². The predicted octanol–water partition coefficient (Wildman–Crippen LogP) is 3.86. The molecule has 146 valence electrons. The fourth-order valence-corrected chi connectivity index (χ4v) is 3.98. The summed E-state index contributed by atoms with van der Waals surface area (Å²) in [7, 11) is 0. The summed E-state index contributed by atoms with van der Waals surface area (Å²) in [5.41, 5.74) is 4.24. The molecule has 1 aromatic carbocycles. The highest BCUT2D eigenvalue weighted by Crippen LogP contribution is 2.27. The van der Waals surface area contributed by atoms with Crippen LogP contribution in [-0.4, -0.2) is 42.5 Å². The van der Waals surface area contributed by atoms with Gasteiger partial charge in [0.05, 0.1) is 18.2 Å². The number of piperidine rings is 1. The minimum atomic E-state index is -0.176. The van der Waals surface area contributed by atoms with Gasteiger partial charge in [0.25, 0.3) is 0 Å². The van der Waals surface area contributed by atoms with Crippen molar-refractivity contribution in [2.24, 2.45) is 0 Å². The number of nitrogens with zero attached hydrogens (tertiary/aromatic N) is 6. The van der Waals surface area contributed by atoms with Crippen molar-refractivity contribution in [3.63, 3.8) is 0 Å². The molecular formula is C22H21FN6. The summed E-state index contributed by atoms with van der Waals surface area (Å²) in [4.78, 5) is 20.3. The average Bonchev–Trinajstić information content (AvgIpc) is 3.18. The summed E-state index contributed by atoms with van der Waals surface area (Å²) in [6, 6.07) is 11.1. The lowest BCUT2D eigenvalue weighted by Gasteiger charge is -2.32. The molecule has 0 N–H and O–H groups in total. The first-order valence-electron chi connectivity index (χ1n) is 9.83. The van der Waals surface area contributed by atoms with Crippen LogP contribution in [0.25, 0.3) is 22.6 Å². The number of rotatable bonds is 4. The molecule has 0 unspecified atom stereocenters. The molecule has 0 radical (unpaired) electrons. The molecule has 29 heavy (non-hydrogen) atoms. The van der Waals surface area contributed by atoms with Crippen LogP contribution in [0.4, 0.5) is 4.39 Å². The molecule has 4 aromatic rings. The smallest absolute Gasteiger partial charge is 0.197 e. The highest BCUT2D eigenvalue weighted by Gasteiger charge is 2.23. The largest absolute Gasteiger partial charge is 0.311 e. The van der Waals surface area contributed by atoms with Gasteiger partial charge in [-0.1, -0.05) is 12.1 Å². The Bertz CT molecular complexity index is 1120. The van der Waals surface area contributed by atoms with Gasteiger partial charge < -0.3 is 4.57 Å². The van der Waals surface area contributed by atoms with Crippen molar-refractivity contribution in [3.05, 3.63) is 72.7 Å². The zero-order chi connectivity index (χ0) is 19.6. The summed E-state index contributed by atoms with van der Waals surface area (Å²) in [5.74, 6) is -0.176. The van der Waals surface area contributed by atoms with Crippen molar-refractivity contribution in [2.45, 2.75) is 25.4 Å². The monoisotopic (exact) mass is 388 g/mol. The number of benzene rings is 1. The molecule has 0 amide bonds. The normalized spacial score (nSPS) is 15.8. The van der Waals surface area contributed by atoms with E-state index in [2.05, 4.69) is 24.4 Å². The molecule has 6 nitrogen and oxygen atoms in total. The second-order valence-corrected chi connectivity index (χ2v) is 7.43. The lowest BCUT2D eigenvalue weighted by molar-refractivity contribution is 0.181. The Morgan fingerprint density at radius 3 is 2.72 bits per heavy atom. The van der Waals surface area contributed by atoms with Gasteiger partial charge in [0, 0.05) is 43.6 Å². The Kier molecular flexibility index (Phi) is 4.73. The lowest BCUT2D eigenvalue weighted by atomic mass is 10.0. The SMILES string of the molecule is Fc1cccc(CN2CCC(n3cnc4ncc(-c5cccnc5)nc43)CC2)c1. The number of pyridine rings is 1. The Labute approximate surface area is 168 Å². The van der Waals surface area contributed by atoms with Crippen molar-refractivity contribution >= 4 is 11.3 Å². The van der Waals surface area contributed by atoms with Gasteiger partial charge in [0.2, 0.25) is 0 Å². The van der Waals surface area contributed by atoms with Crippen LogP contribution in [0.3, 0.4) is 0 Å². The quantitative estimate of drug-likeness (QED) is 0.531. The van der Waals surface area contributed by atoms with E-state index in [4.69, 9.17) is 4.98 Å². The molecule has 5 rings (SSSR count). The minimum Gasteiger partial charge on any atom is -0.311 e. The fraction of sp³-hybridized carbons (Fsp3) is 0.273. The summed E-state index contributed by atoms with van der Waals surface area (Å²) in [6.45, 7) is 2.69. The standard InChI is InChI=1S/C22H21FN6/c23-18-5-1-3-16(11-18)14-28-9-6-19(7-10-28)29-15-26-21-22(29)27-20(13-25-21)17-4-2-8-24-12-17/h1-5,8,11-13,15,19H,6-7,9-10,14H2. The van der Waals surface area contributed by atoms with Crippen LogP contribution in [0, 0.1) is 5.82 Å². The predicted molar refractivity (Wildman–Crippen MR) is 109 cm³/mol. The molecule has 1 aliphatic heterocycles. The summed E-state index contributed by atoms with van der Waals surface area (Å²) >= 11 is 0. The van der Waals surface area contributed by atoms with Crippen molar-refractivity contribution in [1.29, 1.82) is 0 Å². The van der Waals surface area contributed by atoms with E-state index in [1.54, 1.807) is 30.7 Å². The zero-order valence-corrected chi connectivity index (χ0v) is 15.9. The Balaban J connectivity index is 1.33. The van der Waals surface area contributed by atoms with Crippen LogP contribution in [0.1, 0.15) is 24.4 Å². The first kappa shape index (κ1) is 17.9. The van der Waals surface area contributed by atoms with Crippen molar-refractivity contribution in [2.75, 3.05) is 13.1 Å². The second kappa shape index (κ2) is 7.67. The maximum absolute atomic E-state index is 13.4. The summed E-state index contributed by atoms with van der Waals surface area (Å²) < 4.78 is 15.6. The van der Waals surface area contributed by atoms with Crippen LogP contribution < -0.4 is 0 Å². The molecule has 0 atom stereocenters. The molecule has 3 aromatic heterocycles. The van der Waals surface area contributed by atoms with E-state index in [9.17, 15) is 4.39 Å². The van der Waals surface area contributed by atoms with Gasteiger partial charge in [0.1, 0.15) is 5.82 Å². The number of likely N-dealkylation sites (tertiary alicyclic amines) is 1. The third kappa shape index (κ3) is 3.73. The van der Waals surface area contributed by atoms with Crippen LogP contribution in [0.15, 0.2) is 61.3 Å². The van der Waals surface area contributed by atoms with E-state index in [-0.39, 0.29) is 5.82 Å². The number of aromatic nitrogens is 5. The first-order valence-corrected chi connectivity index (χ1v) is 9.83. The molecule has 4 heterocycles. The molecule has 1 fully saturated rings. The highest BCUT2D eigenvalue weighted by molar-refractivity contribution is 5.70. The average molecular weight is 388 g/mol. The zero-order valence-electron chi connectivity index (χ0n) is 15.9. The number of fused-ring (bicyclic) bond motifs is 1. The highest BCUT2D eigenvalue weighted by atomic mass is 19.1. The van der Waals surface area contributed by atoms with Gasteiger partial charge in [-0.2, -0.15) is 0 Å². The fourth-order valence-electron chi connectivity index (χ4n) is 3.98. The Hall–Kier alpha value is -3.19. The van der Waals surface area contributed by atoms with E-state index in [1.165, 1.54) is 6.07 Å². The lowest BCUT2D eigenvalue weighted by Crippen LogP contribution is -2.34. The minimum absolute atomic E-state index is 0.176. The number of halogens is 1. The summed E-state index contributed by atoms with van der Waals surface area (Å²) in [5, 5.41) is 0. The number of hydrogen-bond acceptors (Lipinski definition) is 5. The van der Waals surface area contributed by atoms with Crippen LogP contribution in [0.2, 0.25) is 0 Å². The Morgan fingerprint density at radius 2 is 1.93 bits per heavy atom. The van der Waals surface area contributed by atoms with Gasteiger partial charge in [0.15, 0.2) is 11.3 Å². The molecule has 0 spiro atoms. The molecule has 1 saturated heterocycles. The van der Waals surface area contributed by atoms with Gasteiger partial charge in [-0.15, -0.1) is 0 Å². The van der Waals surface area contributed by atoms with E-state index >= 15 is 0 Å². The van der Waals surface area contributed by atoms with Crippen molar-refractivity contribution < 1.29 is 4.39 Å². The molecule has 7 heteroatoms. The van der Waals surface area contributed by atoms with Gasteiger partial charge in [-0.25, -0.2) is 19.3 Å². The van der Waals surface area contributed by atoms with E-state index in [0.29, 0.717) is 11.7 Å². The Morgan fingerprint density at radius 1 is 1.03 bits per heavy atom. The van der Waals surface area contributed by atoms with Gasteiger partial charge >= 0.3 is 0 Å². The van der Waals surface area contributed by atoms with E-state index < -0.39 is 0 Å². The molecule has 0 saturated carbocycles. The van der Waals surface area contributed by atoms with Crippen molar-refractivity contribution in [3.8, 4) is 11.3 Å². The molecule has 0 aliphatic carbocycles.